The van der Waals surface area contributed by atoms with Crippen LogP contribution in [0, 0.1) is 45.3 Å². The predicted octanol–water partition coefficient (Wildman–Crippen LogP) is 9.50. The van der Waals surface area contributed by atoms with Gasteiger partial charge >= 0.3 is 0 Å². The lowest BCUT2D eigenvalue weighted by atomic mass is 10.1. The van der Waals surface area contributed by atoms with E-state index in [0.717, 1.165) is 60.3 Å². The Morgan fingerprint density at radius 2 is 1.38 bits per heavy atom. The summed E-state index contributed by atoms with van der Waals surface area (Å²) in [6.07, 6.45) is 6.19. The first-order valence-electron chi connectivity index (χ1n) is 15.6. The monoisotopic (exact) mass is 686 g/mol. The van der Waals surface area contributed by atoms with Crippen LogP contribution >= 0.6 is 23.3 Å². The van der Waals surface area contributed by atoms with E-state index in [9.17, 15) is 0 Å². The summed E-state index contributed by atoms with van der Waals surface area (Å²) in [6, 6.07) is 42.5. The number of pyridine rings is 1. The molecule has 10 heteroatoms. The van der Waals surface area contributed by atoms with Crippen LogP contribution in [0.2, 0.25) is 0 Å². The van der Waals surface area contributed by atoms with Crippen molar-refractivity contribution in [2.24, 2.45) is 4.40 Å². The number of nitriles is 4. The molecule has 0 amide bonds. The number of aromatic amines is 1. The third-order valence-corrected chi connectivity index (χ3v) is 9.42. The van der Waals surface area contributed by atoms with Crippen molar-refractivity contribution >= 4 is 60.9 Å². The van der Waals surface area contributed by atoms with Gasteiger partial charge in [-0.1, -0.05) is 72.8 Å². The minimum Gasteiger partial charge on any atom is -0.361 e. The number of H-pyrrole nitrogens is 1. The van der Waals surface area contributed by atoms with Crippen LogP contribution in [0.15, 0.2) is 125 Å². The number of aromatic nitrogens is 3. The summed E-state index contributed by atoms with van der Waals surface area (Å²) in [5.41, 5.74) is 6.29. The second kappa shape index (κ2) is 18.3. The zero-order chi connectivity index (χ0) is 35.0. The Labute approximate surface area is 298 Å². The van der Waals surface area contributed by atoms with E-state index < -0.39 is 0 Å². The third-order valence-electron chi connectivity index (χ3n) is 7.44. The second-order valence-electron chi connectivity index (χ2n) is 10.8. The Balaban J connectivity index is 0.000000130. The Morgan fingerprint density at radius 3 is 2.18 bits per heavy atom. The number of nitrogens with zero attached hydrogens (tertiary/aromatic N) is 7. The maximum Gasteiger partial charge on any atom is 0.108 e. The number of thiazole rings is 1. The molecule has 1 aliphatic rings. The number of para-hydroxylation sites is 2. The molecule has 4 heterocycles. The van der Waals surface area contributed by atoms with Gasteiger partial charge in [0.15, 0.2) is 0 Å². The lowest BCUT2D eigenvalue weighted by Gasteiger charge is -2.12. The maximum absolute atomic E-state index is 8.59. The van der Waals surface area contributed by atoms with E-state index in [1.807, 2.05) is 97.2 Å². The molecule has 0 atom stereocenters. The molecule has 50 heavy (non-hydrogen) atoms. The molecule has 7 aromatic rings. The molecule has 8 nitrogen and oxygen atoms in total. The summed E-state index contributed by atoms with van der Waals surface area (Å²) in [7, 11) is 0. The second-order valence-corrected chi connectivity index (χ2v) is 12.7. The van der Waals surface area contributed by atoms with Crippen LogP contribution in [0.1, 0.15) is 28.2 Å². The fourth-order valence-corrected chi connectivity index (χ4v) is 6.77. The van der Waals surface area contributed by atoms with Gasteiger partial charge in [-0.25, -0.2) is 9.38 Å². The first-order chi connectivity index (χ1) is 24.6. The molecule has 3 aromatic heterocycles. The summed E-state index contributed by atoms with van der Waals surface area (Å²) < 4.78 is 5.43. The van der Waals surface area contributed by atoms with E-state index >= 15 is 0 Å². The Bertz CT molecular complexity index is 2370. The molecule has 1 N–H and O–H groups in total. The molecule has 242 valence electrons. The van der Waals surface area contributed by atoms with Gasteiger partial charge in [-0.15, -0.1) is 11.3 Å². The molecule has 0 radical (unpaired) electrons. The van der Waals surface area contributed by atoms with Crippen LogP contribution in [0.5, 0.6) is 0 Å². The highest BCUT2D eigenvalue weighted by atomic mass is 32.2. The van der Waals surface area contributed by atoms with Crippen molar-refractivity contribution in [2.45, 2.75) is 37.0 Å². The van der Waals surface area contributed by atoms with Crippen molar-refractivity contribution in [3.63, 3.8) is 0 Å². The summed E-state index contributed by atoms with van der Waals surface area (Å²) in [6.45, 7) is 0. The Kier molecular flexibility index (Phi) is 12.8. The number of hydrogen-bond donors (Lipinski definition) is 1. The SMILES string of the molecule is N#CCC1=NSc2ccccc2C1.N#CCc1c[nH]c2ccccc12.N#CCc1nc2ccccc2s1.N#CCc1nccc2ccccc12. The van der Waals surface area contributed by atoms with Gasteiger partial charge in [0.2, 0.25) is 0 Å². The van der Waals surface area contributed by atoms with Crippen LogP contribution in [-0.2, 0) is 25.7 Å². The van der Waals surface area contributed by atoms with Crippen LogP contribution in [0.4, 0.5) is 0 Å². The van der Waals surface area contributed by atoms with Gasteiger partial charge in [0.25, 0.3) is 0 Å². The van der Waals surface area contributed by atoms with Gasteiger partial charge in [-0.05, 0) is 46.8 Å². The maximum atomic E-state index is 8.59. The quantitative estimate of drug-likeness (QED) is 0.181. The highest BCUT2D eigenvalue weighted by molar-refractivity contribution is 7.98. The summed E-state index contributed by atoms with van der Waals surface area (Å²) in [5.74, 6) is 0. The summed E-state index contributed by atoms with van der Waals surface area (Å²) in [4.78, 5) is 12.8. The molecular weight excluding hydrogens is 657 g/mol. The van der Waals surface area contributed by atoms with E-state index in [0.29, 0.717) is 25.7 Å². The van der Waals surface area contributed by atoms with E-state index in [1.165, 1.54) is 22.4 Å². The average molecular weight is 687 g/mol. The van der Waals surface area contributed by atoms with E-state index in [4.69, 9.17) is 21.0 Å². The van der Waals surface area contributed by atoms with Crippen LogP contribution < -0.4 is 0 Å². The lowest BCUT2D eigenvalue weighted by Crippen LogP contribution is -2.05. The van der Waals surface area contributed by atoms with Gasteiger partial charge in [0.05, 0.1) is 65.9 Å². The van der Waals surface area contributed by atoms with Crippen molar-refractivity contribution in [1.29, 1.82) is 21.0 Å². The molecule has 0 fully saturated rings. The van der Waals surface area contributed by atoms with Crippen LogP contribution in [-0.4, -0.2) is 20.7 Å². The molecule has 4 aromatic carbocycles. The smallest absolute Gasteiger partial charge is 0.108 e. The van der Waals surface area contributed by atoms with Crippen molar-refractivity contribution in [2.75, 3.05) is 0 Å². The van der Waals surface area contributed by atoms with Crippen molar-refractivity contribution in [1.82, 2.24) is 15.0 Å². The zero-order valence-electron chi connectivity index (χ0n) is 27.0. The van der Waals surface area contributed by atoms with E-state index in [-0.39, 0.29) is 0 Å². The van der Waals surface area contributed by atoms with Crippen LogP contribution in [0.25, 0.3) is 31.9 Å². The Hall–Kier alpha value is -6.30. The minimum absolute atomic E-state index is 0.376. The number of fused-ring (bicyclic) bond motifs is 4. The molecule has 8 rings (SSSR count). The molecule has 0 spiro atoms. The number of hydrogen-bond acceptors (Lipinski definition) is 9. The van der Waals surface area contributed by atoms with E-state index in [1.54, 1.807) is 17.5 Å². The first kappa shape index (κ1) is 35.0. The normalized spacial score (nSPS) is 11.0. The molecule has 0 saturated heterocycles. The Morgan fingerprint density at radius 1 is 0.680 bits per heavy atom. The number of benzene rings is 4. The molecule has 0 saturated carbocycles. The zero-order valence-corrected chi connectivity index (χ0v) is 28.6. The van der Waals surface area contributed by atoms with Crippen molar-refractivity contribution in [3.8, 4) is 24.3 Å². The molecule has 0 unspecified atom stereocenters. The van der Waals surface area contributed by atoms with Crippen LogP contribution in [0.3, 0.4) is 0 Å². The average Bonchev–Trinajstić information content (AvgIpc) is 3.77. The predicted molar refractivity (Wildman–Crippen MR) is 201 cm³/mol. The van der Waals surface area contributed by atoms with Gasteiger partial charge < -0.3 is 4.98 Å². The molecular formula is C40H30N8S2. The highest BCUT2D eigenvalue weighted by Crippen LogP contribution is 2.29. The minimum atomic E-state index is 0.376. The lowest BCUT2D eigenvalue weighted by molar-refractivity contribution is 1.14. The van der Waals surface area contributed by atoms with Gasteiger partial charge in [-0.2, -0.15) is 21.0 Å². The fourth-order valence-electron chi connectivity index (χ4n) is 5.12. The first-order valence-corrected chi connectivity index (χ1v) is 17.2. The topological polar surface area (TPSA) is 149 Å². The molecule has 1 aliphatic heterocycles. The largest absolute Gasteiger partial charge is 0.361 e. The van der Waals surface area contributed by atoms with Gasteiger partial charge in [0.1, 0.15) is 5.01 Å². The standard InChI is InChI=1S/C11H8N2.C10H8N2S.C10H8N2.C9H6N2S/c12-7-5-11-10-4-2-1-3-9(10)6-8-13-11;11-6-5-9-7-8-3-1-2-4-10(8)13-12-9;11-6-5-8-7-12-10-4-2-1-3-9(8)10;10-6-5-9-11-7-3-1-2-4-8(7)12-9/h1-4,6,8H,5H2;1-4H,5,7H2;1-4,7,12H,5H2;1-4H,5H2. The van der Waals surface area contributed by atoms with Crippen molar-refractivity contribution < 1.29 is 0 Å². The van der Waals surface area contributed by atoms with Gasteiger partial charge in [0, 0.05) is 57.7 Å². The number of nitrogens with one attached hydrogen (secondary N) is 1. The number of rotatable bonds is 4. The third kappa shape index (κ3) is 9.41. The highest BCUT2D eigenvalue weighted by Gasteiger charge is 2.11. The summed E-state index contributed by atoms with van der Waals surface area (Å²) in [5, 5.41) is 38.4. The van der Waals surface area contributed by atoms with E-state index in [2.05, 4.69) is 55.8 Å². The van der Waals surface area contributed by atoms with Crippen molar-refractivity contribution in [3.05, 3.63) is 137 Å². The summed E-state index contributed by atoms with van der Waals surface area (Å²) >= 11 is 3.06. The fraction of sp³-hybridized carbons (Fsp3) is 0.125. The molecule has 0 aliphatic carbocycles. The van der Waals surface area contributed by atoms with Gasteiger partial charge in [-0.3, -0.25) is 4.98 Å². The molecule has 0 bridgehead atoms.